The molecule has 0 spiro atoms. The van der Waals surface area contributed by atoms with Crippen molar-refractivity contribution in [1.82, 2.24) is 9.80 Å². The molecule has 178 valence electrons. The highest BCUT2D eigenvalue weighted by Gasteiger charge is 2.38. The average molecular weight is 465 g/mol. The summed E-state index contributed by atoms with van der Waals surface area (Å²) in [5.41, 5.74) is 2.52. The second-order valence-corrected chi connectivity index (χ2v) is 8.67. The van der Waals surface area contributed by atoms with Gasteiger partial charge in [0.25, 0.3) is 5.91 Å². The van der Waals surface area contributed by atoms with E-state index in [0.717, 1.165) is 31.5 Å². The molecule has 2 aliphatic rings. The number of nitrogens with zero attached hydrogens (tertiary/aromatic N) is 2. The number of halogens is 1. The third-order valence-corrected chi connectivity index (χ3v) is 6.53. The van der Waals surface area contributed by atoms with Gasteiger partial charge >= 0.3 is 5.97 Å². The molecule has 6 nitrogen and oxygen atoms in total. The summed E-state index contributed by atoms with van der Waals surface area (Å²) in [5.74, 6) is -1.88. The van der Waals surface area contributed by atoms with E-state index in [1.165, 1.54) is 6.07 Å². The Morgan fingerprint density at radius 3 is 2.38 bits per heavy atom. The smallest absolute Gasteiger partial charge is 0.336 e. The van der Waals surface area contributed by atoms with Crippen LogP contribution in [0.25, 0.3) is 0 Å². The van der Waals surface area contributed by atoms with Gasteiger partial charge in [-0.2, -0.15) is 0 Å². The van der Waals surface area contributed by atoms with Crippen LogP contribution in [0.1, 0.15) is 60.5 Å². The SMILES string of the molecule is CCOC(=O)C1=C(C)N(Cc2ccc(C(=O)N3CCCC3)cc2)C(=O)CC1c1ccccc1F. The molecule has 2 amide bonds. The molecule has 7 heteroatoms. The predicted octanol–water partition coefficient (Wildman–Crippen LogP) is 4.41. The first-order chi connectivity index (χ1) is 16.4. The van der Waals surface area contributed by atoms with Crippen LogP contribution < -0.4 is 0 Å². The van der Waals surface area contributed by atoms with Crippen molar-refractivity contribution >= 4 is 17.8 Å². The number of carbonyl (C=O) groups is 3. The van der Waals surface area contributed by atoms with Crippen LogP contribution in [0.4, 0.5) is 4.39 Å². The number of allylic oxidation sites excluding steroid dienone is 1. The number of benzene rings is 2. The molecule has 2 aliphatic heterocycles. The van der Waals surface area contributed by atoms with Gasteiger partial charge in [-0.15, -0.1) is 0 Å². The van der Waals surface area contributed by atoms with Crippen LogP contribution in [-0.4, -0.2) is 47.3 Å². The van der Waals surface area contributed by atoms with Crippen LogP contribution in [0.3, 0.4) is 0 Å². The molecule has 1 unspecified atom stereocenters. The van der Waals surface area contributed by atoms with Crippen LogP contribution in [0.15, 0.2) is 59.8 Å². The van der Waals surface area contributed by atoms with E-state index >= 15 is 0 Å². The number of esters is 1. The minimum atomic E-state index is -0.704. The first kappa shape index (κ1) is 23.7. The van der Waals surface area contributed by atoms with Gasteiger partial charge in [-0.05, 0) is 56.0 Å². The largest absolute Gasteiger partial charge is 0.463 e. The number of amides is 2. The first-order valence-corrected chi connectivity index (χ1v) is 11.7. The summed E-state index contributed by atoms with van der Waals surface area (Å²) in [6.07, 6.45) is 2.03. The molecule has 1 atom stereocenters. The van der Waals surface area contributed by atoms with E-state index < -0.39 is 17.7 Å². The maximum Gasteiger partial charge on any atom is 0.336 e. The number of ether oxygens (including phenoxy) is 1. The molecule has 0 aliphatic carbocycles. The van der Waals surface area contributed by atoms with Gasteiger partial charge in [-0.3, -0.25) is 9.59 Å². The third kappa shape index (κ3) is 4.74. The molecule has 2 heterocycles. The average Bonchev–Trinajstić information content (AvgIpc) is 3.37. The number of hydrogen-bond acceptors (Lipinski definition) is 4. The van der Waals surface area contributed by atoms with Crippen molar-refractivity contribution in [2.45, 2.75) is 45.6 Å². The van der Waals surface area contributed by atoms with Gasteiger partial charge < -0.3 is 14.5 Å². The summed E-state index contributed by atoms with van der Waals surface area (Å²) < 4.78 is 19.8. The Kier molecular flexibility index (Phi) is 7.10. The monoisotopic (exact) mass is 464 g/mol. The number of likely N-dealkylation sites (tertiary alicyclic amines) is 1. The summed E-state index contributed by atoms with van der Waals surface area (Å²) in [6.45, 7) is 5.40. The Balaban J connectivity index is 1.61. The molecule has 0 aromatic heterocycles. The van der Waals surface area contributed by atoms with Crippen LogP contribution in [0, 0.1) is 5.82 Å². The van der Waals surface area contributed by atoms with Gasteiger partial charge in [0.05, 0.1) is 18.7 Å². The zero-order valence-corrected chi connectivity index (χ0v) is 19.6. The molecule has 2 aromatic carbocycles. The lowest BCUT2D eigenvalue weighted by Gasteiger charge is -2.34. The molecular formula is C27H29FN2O4. The molecule has 2 aromatic rings. The summed E-state index contributed by atoms with van der Waals surface area (Å²) in [4.78, 5) is 42.0. The van der Waals surface area contributed by atoms with E-state index in [9.17, 15) is 18.8 Å². The summed E-state index contributed by atoms with van der Waals surface area (Å²) in [6, 6.07) is 13.4. The Morgan fingerprint density at radius 1 is 1.06 bits per heavy atom. The van der Waals surface area contributed by atoms with Crippen molar-refractivity contribution in [2.24, 2.45) is 0 Å². The molecule has 0 saturated carbocycles. The van der Waals surface area contributed by atoms with Crippen LogP contribution in [0.2, 0.25) is 0 Å². The van der Waals surface area contributed by atoms with Gasteiger partial charge in [0.15, 0.2) is 0 Å². The first-order valence-electron chi connectivity index (χ1n) is 11.7. The van der Waals surface area contributed by atoms with Crippen LogP contribution in [-0.2, 0) is 20.9 Å². The Labute approximate surface area is 199 Å². The Morgan fingerprint density at radius 2 is 1.74 bits per heavy atom. The number of rotatable bonds is 6. The van der Waals surface area contributed by atoms with E-state index in [4.69, 9.17) is 4.74 Å². The minimum absolute atomic E-state index is 0.0199. The van der Waals surface area contributed by atoms with E-state index in [1.807, 2.05) is 17.0 Å². The molecule has 0 bridgehead atoms. The van der Waals surface area contributed by atoms with Crippen molar-refractivity contribution in [3.63, 3.8) is 0 Å². The zero-order valence-electron chi connectivity index (χ0n) is 19.6. The van der Waals surface area contributed by atoms with Crippen molar-refractivity contribution in [1.29, 1.82) is 0 Å². The maximum atomic E-state index is 14.6. The fourth-order valence-electron chi connectivity index (χ4n) is 4.74. The predicted molar refractivity (Wildman–Crippen MR) is 125 cm³/mol. The molecule has 0 N–H and O–H groups in total. The molecule has 34 heavy (non-hydrogen) atoms. The van der Waals surface area contributed by atoms with Crippen molar-refractivity contribution in [2.75, 3.05) is 19.7 Å². The van der Waals surface area contributed by atoms with E-state index in [1.54, 1.807) is 49.1 Å². The fraction of sp³-hybridized carbons (Fsp3) is 0.370. The zero-order chi connectivity index (χ0) is 24.2. The normalized spacial score (nSPS) is 18.4. The third-order valence-electron chi connectivity index (χ3n) is 6.53. The van der Waals surface area contributed by atoms with Gasteiger partial charge in [-0.1, -0.05) is 30.3 Å². The minimum Gasteiger partial charge on any atom is -0.463 e. The number of hydrogen-bond donors (Lipinski definition) is 0. The lowest BCUT2D eigenvalue weighted by molar-refractivity contribution is -0.140. The molecular weight excluding hydrogens is 435 g/mol. The molecule has 1 saturated heterocycles. The van der Waals surface area contributed by atoms with Crippen molar-refractivity contribution < 1.29 is 23.5 Å². The van der Waals surface area contributed by atoms with Crippen LogP contribution in [0.5, 0.6) is 0 Å². The molecule has 1 fully saturated rings. The maximum absolute atomic E-state index is 14.6. The van der Waals surface area contributed by atoms with E-state index in [-0.39, 0.29) is 31.4 Å². The van der Waals surface area contributed by atoms with Gasteiger partial charge in [0.1, 0.15) is 5.82 Å². The van der Waals surface area contributed by atoms with E-state index in [0.29, 0.717) is 22.4 Å². The Hall–Kier alpha value is -3.48. The second-order valence-electron chi connectivity index (χ2n) is 8.67. The quantitative estimate of drug-likeness (QED) is 0.594. The van der Waals surface area contributed by atoms with Crippen molar-refractivity contribution in [3.8, 4) is 0 Å². The van der Waals surface area contributed by atoms with Crippen molar-refractivity contribution in [3.05, 3.63) is 82.3 Å². The lowest BCUT2D eigenvalue weighted by atomic mass is 9.83. The van der Waals surface area contributed by atoms with Gasteiger partial charge in [0, 0.05) is 36.7 Å². The number of carbonyl (C=O) groups excluding carboxylic acids is 3. The molecule has 4 rings (SSSR count). The summed E-state index contributed by atoms with van der Waals surface area (Å²) >= 11 is 0. The Bertz CT molecular complexity index is 1120. The van der Waals surface area contributed by atoms with Gasteiger partial charge in [0.2, 0.25) is 5.91 Å². The second kappa shape index (κ2) is 10.2. The highest BCUT2D eigenvalue weighted by atomic mass is 19.1. The standard InChI is InChI=1S/C27H29FN2O4/c1-3-34-27(33)25-18(2)30(24(31)16-22(25)21-8-4-5-9-23(21)28)17-19-10-12-20(13-11-19)26(32)29-14-6-7-15-29/h4-5,8-13,22H,3,6-7,14-17H2,1-2H3. The van der Waals surface area contributed by atoms with E-state index in [2.05, 4.69) is 0 Å². The highest BCUT2D eigenvalue weighted by Crippen LogP contribution is 2.38. The highest BCUT2D eigenvalue weighted by molar-refractivity contribution is 5.96. The lowest BCUT2D eigenvalue weighted by Crippen LogP contribution is -2.38. The topological polar surface area (TPSA) is 66.9 Å². The molecule has 0 radical (unpaired) electrons. The summed E-state index contributed by atoms with van der Waals surface area (Å²) in [5, 5.41) is 0. The summed E-state index contributed by atoms with van der Waals surface area (Å²) in [7, 11) is 0. The fourth-order valence-corrected chi connectivity index (χ4v) is 4.74. The van der Waals surface area contributed by atoms with Crippen LogP contribution >= 0.6 is 0 Å². The van der Waals surface area contributed by atoms with Gasteiger partial charge in [-0.25, -0.2) is 9.18 Å².